The van der Waals surface area contributed by atoms with E-state index in [1.807, 2.05) is 12.5 Å². The molecular weight excluding hydrogens is 389 g/mol. The maximum absolute atomic E-state index is 10.0. The molecule has 0 aromatic carbocycles. The molecule has 9 nitrogen and oxygen atoms in total. The van der Waals surface area contributed by atoms with Crippen molar-refractivity contribution in [2.75, 3.05) is 0 Å². The zero-order chi connectivity index (χ0) is 20.3. The number of ketones is 4. The SMILES string of the molecule is CC(=O)CC(C)=O.CC(=O)CC(C)=O.CCCn1ccnc1.O=N[O-].[Co]. The second kappa shape index (κ2) is 22.8. The molecule has 0 unspecified atom stereocenters. The number of hydrogen-bond donors (Lipinski definition) is 0. The van der Waals surface area contributed by atoms with E-state index in [1.165, 1.54) is 34.1 Å². The molecule has 1 aromatic rings. The molecule has 0 fully saturated rings. The number of nitrogens with zero attached hydrogens (tertiary/aromatic N) is 3. The first-order valence-corrected chi connectivity index (χ1v) is 7.49. The van der Waals surface area contributed by atoms with E-state index in [9.17, 15) is 19.2 Å². The first kappa shape index (κ1) is 31.6. The van der Waals surface area contributed by atoms with Gasteiger partial charge in [-0.15, -0.1) is 5.34 Å². The van der Waals surface area contributed by atoms with Gasteiger partial charge in [0.1, 0.15) is 23.1 Å². The van der Waals surface area contributed by atoms with Gasteiger partial charge in [-0.1, -0.05) is 6.92 Å². The first-order chi connectivity index (χ1) is 11.6. The maximum Gasteiger partial charge on any atom is 0.137 e. The summed E-state index contributed by atoms with van der Waals surface area (Å²) in [6.45, 7) is 8.85. The van der Waals surface area contributed by atoms with Gasteiger partial charge >= 0.3 is 0 Å². The van der Waals surface area contributed by atoms with E-state index in [0.29, 0.717) is 0 Å². The second-order valence-electron chi connectivity index (χ2n) is 5.04. The summed E-state index contributed by atoms with van der Waals surface area (Å²) in [5.74, 6) is -0.250. The van der Waals surface area contributed by atoms with E-state index in [1.54, 1.807) is 6.20 Å². The molecule has 0 aliphatic heterocycles. The number of Topliss-reactive ketones (excluding diaryl/α,β-unsaturated/α-hetero) is 4. The van der Waals surface area contributed by atoms with Crippen molar-refractivity contribution < 1.29 is 36.0 Å². The van der Waals surface area contributed by atoms with Crippen molar-refractivity contribution in [1.29, 1.82) is 0 Å². The minimum Gasteiger partial charge on any atom is -0.444 e. The van der Waals surface area contributed by atoms with Crippen LogP contribution in [-0.2, 0) is 42.5 Å². The maximum atomic E-state index is 10.0. The zero-order valence-electron chi connectivity index (χ0n) is 15.7. The summed E-state index contributed by atoms with van der Waals surface area (Å²) in [6, 6.07) is 0. The molecule has 1 heterocycles. The van der Waals surface area contributed by atoms with Crippen LogP contribution in [0.2, 0.25) is 0 Å². The molecule has 1 radical (unpaired) electrons. The summed E-state index contributed by atoms with van der Waals surface area (Å²) in [7, 11) is 0. The third-order valence-corrected chi connectivity index (χ3v) is 2.04. The molecule has 0 aliphatic carbocycles. The fraction of sp³-hybridized carbons (Fsp3) is 0.562. The molecule has 0 amide bonds. The number of carbonyl (C=O) groups is 4. The number of rotatable bonds is 6. The number of hydrogen-bond acceptors (Lipinski definition) is 8. The van der Waals surface area contributed by atoms with Crippen molar-refractivity contribution in [3.63, 3.8) is 0 Å². The first-order valence-electron chi connectivity index (χ1n) is 7.49. The van der Waals surface area contributed by atoms with Crippen LogP contribution >= 0.6 is 0 Å². The van der Waals surface area contributed by atoms with Crippen LogP contribution in [0, 0.1) is 10.1 Å². The Morgan fingerprint density at radius 2 is 1.31 bits per heavy atom. The van der Waals surface area contributed by atoms with Crippen LogP contribution in [0.15, 0.2) is 24.1 Å². The van der Waals surface area contributed by atoms with Crippen molar-refractivity contribution >= 4 is 23.1 Å². The predicted molar refractivity (Wildman–Crippen MR) is 93.6 cm³/mol. The molecule has 151 valence electrons. The van der Waals surface area contributed by atoms with E-state index in [-0.39, 0.29) is 52.8 Å². The quantitative estimate of drug-likeness (QED) is 0.395. The Bertz CT molecular complexity index is 468. The van der Waals surface area contributed by atoms with Gasteiger partial charge in [0.15, 0.2) is 0 Å². The minimum absolute atomic E-state index is 0. The summed E-state index contributed by atoms with van der Waals surface area (Å²) < 4.78 is 2.07. The second-order valence-corrected chi connectivity index (χ2v) is 5.04. The number of aromatic nitrogens is 2. The smallest absolute Gasteiger partial charge is 0.137 e. The molecule has 1 aromatic heterocycles. The molecule has 0 bridgehead atoms. The van der Waals surface area contributed by atoms with Crippen LogP contribution in [0.4, 0.5) is 0 Å². The monoisotopic (exact) mass is 415 g/mol. The van der Waals surface area contributed by atoms with Crippen LogP contribution < -0.4 is 0 Å². The Labute approximate surface area is 163 Å². The number of imidazole rings is 1. The van der Waals surface area contributed by atoms with E-state index < -0.39 is 0 Å². The standard InChI is InChI=1S/C6H10N2.2C5H8O2.Co.HNO2/c1-2-4-8-5-3-7-6-8;2*1-4(6)3-5(2)7;;2-1-3/h3,5-6H,2,4H2,1H3;2*3H2,1-2H3;;(H,2,3)/p-1. The zero-order valence-corrected chi connectivity index (χ0v) is 16.7. The topological polar surface area (TPSA) is 139 Å². The third kappa shape index (κ3) is 37.8. The summed E-state index contributed by atoms with van der Waals surface area (Å²) in [5, 5.41) is 9.00. The van der Waals surface area contributed by atoms with Gasteiger partial charge in [0.2, 0.25) is 0 Å². The largest absolute Gasteiger partial charge is 0.444 e. The molecule has 0 saturated heterocycles. The number of aryl methyl sites for hydroxylation is 1. The summed E-state index contributed by atoms with van der Waals surface area (Å²) in [6.07, 6.45) is 6.96. The van der Waals surface area contributed by atoms with Gasteiger partial charge in [-0.2, -0.15) is 0 Å². The van der Waals surface area contributed by atoms with Gasteiger partial charge in [0, 0.05) is 35.7 Å². The molecule has 0 aliphatic rings. The van der Waals surface area contributed by atoms with Gasteiger partial charge in [-0.3, -0.25) is 19.2 Å². The van der Waals surface area contributed by atoms with E-state index in [2.05, 4.69) is 16.5 Å². The van der Waals surface area contributed by atoms with E-state index >= 15 is 0 Å². The molecule has 26 heavy (non-hydrogen) atoms. The Morgan fingerprint density at radius 3 is 1.46 bits per heavy atom. The van der Waals surface area contributed by atoms with Gasteiger partial charge in [0.25, 0.3) is 0 Å². The molecule has 0 spiro atoms. The third-order valence-electron chi connectivity index (χ3n) is 2.04. The Hall–Kier alpha value is -2.20. The average molecular weight is 415 g/mol. The van der Waals surface area contributed by atoms with Crippen molar-refractivity contribution in [2.45, 2.75) is 60.4 Å². The van der Waals surface area contributed by atoms with Crippen LogP contribution in [0.25, 0.3) is 0 Å². The molecule has 0 saturated carbocycles. The molecular formula is C16H26CoN3O6-. The normalized spacial score (nSPS) is 7.88. The van der Waals surface area contributed by atoms with Gasteiger partial charge in [-0.25, -0.2) is 4.98 Å². The summed E-state index contributed by atoms with van der Waals surface area (Å²) in [4.78, 5) is 52.0. The van der Waals surface area contributed by atoms with E-state index in [0.717, 1.165) is 11.9 Å². The van der Waals surface area contributed by atoms with Crippen molar-refractivity contribution in [1.82, 2.24) is 9.55 Å². The van der Waals surface area contributed by atoms with Crippen molar-refractivity contribution in [3.05, 3.63) is 28.8 Å². The molecule has 1 rings (SSSR count). The molecule has 10 heteroatoms. The van der Waals surface area contributed by atoms with Gasteiger partial charge in [-0.05, 0) is 34.1 Å². The Morgan fingerprint density at radius 1 is 0.962 bits per heavy atom. The van der Waals surface area contributed by atoms with Crippen LogP contribution in [0.1, 0.15) is 53.9 Å². The van der Waals surface area contributed by atoms with Crippen LogP contribution in [-0.4, -0.2) is 32.7 Å². The molecule has 0 N–H and O–H groups in total. The van der Waals surface area contributed by atoms with Crippen LogP contribution in [0.5, 0.6) is 0 Å². The van der Waals surface area contributed by atoms with Crippen molar-refractivity contribution in [3.8, 4) is 0 Å². The minimum atomic E-state index is -0.0625. The summed E-state index contributed by atoms with van der Waals surface area (Å²) in [5.41, 5.74) is 0. The fourth-order valence-electron chi connectivity index (χ4n) is 1.38. The predicted octanol–water partition coefficient (Wildman–Crippen LogP) is 2.65. The Balaban J connectivity index is -0.000000128. The number of carbonyl (C=O) groups excluding carboxylic acids is 4. The van der Waals surface area contributed by atoms with E-state index in [4.69, 9.17) is 10.1 Å². The molecule has 0 atom stereocenters. The fourth-order valence-corrected chi connectivity index (χ4v) is 1.38. The van der Waals surface area contributed by atoms with Crippen LogP contribution in [0.3, 0.4) is 0 Å². The average Bonchev–Trinajstić information content (AvgIpc) is 2.91. The Kier molecular flexibility index (Phi) is 27.7. The van der Waals surface area contributed by atoms with Gasteiger partial charge < -0.3 is 14.7 Å². The van der Waals surface area contributed by atoms with Crippen molar-refractivity contribution in [2.24, 2.45) is 5.34 Å². The summed E-state index contributed by atoms with van der Waals surface area (Å²) >= 11 is 0. The van der Waals surface area contributed by atoms with Gasteiger partial charge in [0.05, 0.1) is 19.2 Å².